The van der Waals surface area contributed by atoms with Crippen molar-refractivity contribution in [2.75, 3.05) is 0 Å². The van der Waals surface area contributed by atoms with Gasteiger partial charge in [0.1, 0.15) is 0 Å². The van der Waals surface area contributed by atoms with E-state index in [1.807, 2.05) is 0 Å². The molecule has 0 aliphatic heterocycles. The molecular weight excluding hydrogens is 370 g/mol. The molecule has 0 nitrogen and oxygen atoms in total. The van der Waals surface area contributed by atoms with Crippen LogP contribution in [0.4, 0.5) is 22.0 Å². The first kappa shape index (κ1) is 17.3. The number of benzene rings is 2. The Balaban J connectivity index is 2.85. The first-order chi connectivity index (χ1) is 10.1. The van der Waals surface area contributed by atoms with Crippen molar-refractivity contribution in [3.63, 3.8) is 0 Å². The van der Waals surface area contributed by atoms with E-state index in [0.29, 0.717) is 0 Å². The minimum atomic E-state index is -4.99. The fourth-order valence-electron chi connectivity index (χ4n) is 2.04. The van der Waals surface area contributed by atoms with Crippen LogP contribution in [-0.2, 0) is 6.18 Å². The molecule has 0 unspecified atom stereocenters. The zero-order valence-electron chi connectivity index (χ0n) is 10.5. The van der Waals surface area contributed by atoms with Gasteiger partial charge in [0.25, 0.3) is 6.43 Å². The van der Waals surface area contributed by atoms with Crippen molar-refractivity contribution < 1.29 is 22.0 Å². The van der Waals surface area contributed by atoms with Crippen molar-refractivity contribution in [2.24, 2.45) is 0 Å². The lowest BCUT2D eigenvalue weighted by molar-refractivity contribution is -0.139. The van der Waals surface area contributed by atoms with Gasteiger partial charge in [-0.25, -0.2) is 8.78 Å². The van der Waals surface area contributed by atoms with E-state index in [-0.39, 0.29) is 20.6 Å². The summed E-state index contributed by atoms with van der Waals surface area (Å²) in [5.41, 5.74) is -3.24. The van der Waals surface area contributed by atoms with E-state index in [4.69, 9.17) is 34.8 Å². The SMILES string of the molecule is FC(F)c1cccc(-c2cc(Cl)cc(Cl)c2Cl)c1C(F)(F)F. The molecule has 0 aromatic heterocycles. The van der Waals surface area contributed by atoms with Crippen LogP contribution in [0.5, 0.6) is 0 Å². The molecule has 0 bridgehead atoms. The van der Waals surface area contributed by atoms with E-state index in [2.05, 4.69) is 0 Å². The summed E-state index contributed by atoms with van der Waals surface area (Å²) in [7, 11) is 0. The molecule has 0 fully saturated rings. The predicted molar refractivity (Wildman–Crippen MR) is 76.9 cm³/mol. The van der Waals surface area contributed by atoms with Crippen molar-refractivity contribution in [1.82, 2.24) is 0 Å². The second kappa shape index (κ2) is 6.22. The average molecular weight is 376 g/mol. The summed E-state index contributed by atoms with van der Waals surface area (Å²) in [5.74, 6) is 0. The summed E-state index contributed by atoms with van der Waals surface area (Å²) < 4.78 is 65.6. The number of rotatable bonds is 2. The van der Waals surface area contributed by atoms with Crippen molar-refractivity contribution in [3.8, 4) is 11.1 Å². The van der Waals surface area contributed by atoms with Gasteiger partial charge in [-0.3, -0.25) is 0 Å². The molecule has 118 valence electrons. The fraction of sp³-hybridized carbons (Fsp3) is 0.143. The Kier molecular flexibility index (Phi) is 4.90. The zero-order valence-corrected chi connectivity index (χ0v) is 12.8. The summed E-state index contributed by atoms with van der Waals surface area (Å²) in [6.07, 6.45) is -8.27. The van der Waals surface area contributed by atoms with E-state index in [1.165, 1.54) is 6.07 Å². The first-order valence-electron chi connectivity index (χ1n) is 5.76. The Labute approximate surface area is 137 Å². The van der Waals surface area contributed by atoms with Crippen LogP contribution in [0, 0.1) is 0 Å². The van der Waals surface area contributed by atoms with Gasteiger partial charge in [0, 0.05) is 16.1 Å². The molecule has 0 spiro atoms. The van der Waals surface area contributed by atoms with Gasteiger partial charge >= 0.3 is 6.18 Å². The van der Waals surface area contributed by atoms with Gasteiger partial charge < -0.3 is 0 Å². The Morgan fingerprint density at radius 2 is 1.55 bits per heavy atom. The van der Waals surface area contributed by atoms with Crippen molar-refractivity contribution in [1.29, 1.82) is 0 Å². The summed E-state index contributed by atoms with van der Waals surface area (Å²) in [6, 6.07) is 5.26. The molecule has 0 aliphatic carbocycles. The van der Waals surface area contributed by atoms with Crippen molar-refractivity contribution >= 4 is 34.8 Å². The number of alkyl halides is 5. The minimum Gasteiger partial charge on any atom is -0.205 e. The minimum absolute atomic E-state index is 0.0416. The normalized spacial score (nSPS) is 12.0. The average Bonchev–Trinajstić information content (AvgIpc) is 2.41. The van der Waals surface area contributed by atoms with Crippen LogP contribution in [-0.4, -0.2) is 0 Å². The van der Waals surface area contributed by atoms with Crippen LogP contribution in [0.1, 0.15) is 17.6 Å². The molecular formula is C14H6Cl3F5. The highest BCUT2D eigenvalue weighted by Gasteiger charge is 2.39. The lowest BCUT2D eigenvalue weighted by Crippen LogP contribution is -2.12. The van der Waals surface area contributed by atoms with Crippen LogP contribution in [0.25, 0.3) is 11.1 Å². The standard InChI is InChI=1S/C14H6Cl3F5/c15-6-4-9(12(17)10(16)5-6)7-2-1-3-8(13(18)19)11(7)14(20,21)22/h1-5,13H. The number of hydrogen-bond acceptors (Lipinski definition) is 0. The lowest BCUT2D eigenvalue weighted by Gasteiger charge is -2.18. The Bertz CT molecular complexity index is 710. The van der Waals surface area contributed by atoms with Gasteiger partial charge in [-0.15, -0.1) is 0 Å². The highest BCUT2D eigenvalue weighted by atomic mass is 35.5. The molecule has 0 saturated heterocycles. The molecule has 0 atom stereocenters. The van der Waals surface area contributed by atoms with Crippen LogP contribution >= 0.6 is 34.8 Å². The van der Waals surface area contributed by atoms with Crippen LogP contribution in [0.15, 0.2) is 30.3 Å². The Hall–Kier alpha value is -1.04. The van der Waals surface area contributed by atoms with Crippen molar-refractivity contribution in [2.45, 2.75) is 12.6 Å². The Morgan fingerprint density at radius 1 is 0.909 bits per heavy atom. The summed E-state index contributed by atoms with van der Waals surface area (Å²) in [6.45, 7) is 0. The third kappa shape index (κ3) is 3.31. The monoisotopic (exact) mass is 374 g/mol. The lowest BCUT2D eigenvalue weighted by atomic mass is 9.95. The van der Waals surface area contributed by atoms with Crippen LogP contribution in [0.2, 0.25) is 15.1 Å². The van der Waals surface area contributed by atoms with E-state index in [1.54, 1.807) is 0 Å². The Morgan fingerprint density at radius 3 is 2.09 bits per heavy atom. The van der Waals surface area contributed by atoms with Gasteiger partial charge in [-0.1, -0.05) is 53.0 Å². The number of hydrogen-bond donors (Lipinski definition) is 0. The third-order valence-electron chi connectivity index (χ3n) is 2.90. The molecule has 2 aromatic rings. The molecule has 22 heavy (non-hydrogen) atoms. The topological polar surface area (TPSA) is 0 Å². The molecule has 0 aliphatic rings. The summed E-state index contributed by atoms with van der Waals surface area (Å²) in [5, 5.41) is -0.220. The molecule has 0 radical (unpaired) electrons. The van der Waals surface area contributed by atoms with Gasteiger partial charge in [-0.05, 0) is 17.7 Å². The second-order valence-electron chi connectivity index (χ2n) is 4.32. The molecule has 8 heteroatoms. The second-order valence-corrected chi connectivity index (χ2v) is 5.54. The molecule has 2 rings (SSSR count). The quantitative estimate of drug-likeness (QED) is 0.382. The van der Waals surface area contributed by atoms with Crippen LogP contribution < -0.4 is 0 Å². The van der Waals surface area contributed by atoms with Crippen molar-refractivity contribution in [3.05, 3.63) is 56.5 Å². The molecule has 0 heterocycles. The predicted octanol–water partition coefficient (Wildman–Crippen LogP) is 7.27. The van der Waals surface area contributed by atoms with E-state index >= 15 is 0 Å². The number of halogens is 8. The molecule has 2 aromatic carbocycles. The largest absolute Gasteiger partial charge is 0.417 e. The van der Waals surface area contributed by atoms with Gasteiger partial charge in [-0.2, -0.15) is 13.2 Å². The fourth-order valence-corrected chi connectivity index (χ4v) is 2.75. The highest BCUT2D eigenvalue weighted by molar-refractivity contribution is 6.45. The molecule has 0 amide bonds. The smallest absolute Gasteiger partial charge is 0.205 e. The van der Waals surface area contributed by atoms with Gasteiger partial charge in [0.15, 0.2) is 0 Å². The maximum Gasteiger partial charge on any atom is 0.417 e. The highest BCUT2D eigenvalue weighted by Crippen LogP contribution is 2.45. The third-order valence-corrected chi connectivity index (χ3v) is 3.92. The molecule has 0 N–H and O–H groups in total. The van der Waals surface area contributed by atoms with E-state index < -0.39 is 29.3 Å². The maximum atomic E-state index is 13.2. The maximum absolute atomic E-state index is 13.2. The van der Waals surface area contributed by atoms with Gasteiger partial charge in [0.2, 0.25) is 0 Å². The first-order valence-corrected chi connectivity index (χ1v) is 6.89. The zero-order chi connectivity index (χ0) is 16.7. The summed E-state index contributed by atoms with van der Waals surface area (Å²) >= 11 is 17.5. The van der Waals surface area contributed by atoms with E-state index in [0.717, 1.165) is 24.3 Å². The van der Waals surface area contributed by atoms with E-state index in [9.17, 15) is 22.0 Å². The van der Waals surface area contributed by atoms with Crippen LogP contribution in [0.3, 0.4) is 0 Å². The summed E-state index contributed by atoms with van der Waals surface area (Å²) in [4.78, 5) is 0. The van der Waals surface area contributed by atoms with Gasteiger partial charge in [0.05, 0.1) is 15.6 Å². The molecule has 0 saturated carbocycles.